The van der Waals surface area contributed by atoms with E-state index in [-0.39, 0.29) is 6.04 Å². The van der Waals surface area contributed by atoms with E-state index in [4.69, 9.17) is 5.73 Å². The van der Waals surface area contributed by atoms with Crippen LogP contribution in [0, 0.1) is 0 Å². The van der Waals surface area contributed by atoms with E-state index in [2.05, 4.69) is 77.8 Å². The van der Waals surface area contributed by atoms with Gasteiger partial charge in [0.2, 0.25) is 0 Å². The zero-order valence-electron chi connectivity index (χ0n) is 13.6. The zero-order valence-corrected chi connectivity index (χ0v) is 15.2. The first kappa shape index (κ1) is 16.9. The van der Waals surface area contributed by atoms with Crippen LogP contribution in [-0.4, -0.2) is 48.1 Å². The predicted molar refractivity (Wildman–Crippen MR) is 93.4 cm³/mol. The molecule has 0 bridgehead atoms. The highest BCUT2D eigenvalue weighted by molar-refractivity contribution is 9.10. The summed E-state index contributed by atoms with van der Waals surface area (Å²) in [7, 11) is 2.22. The van der Waals surface area contributed by atoms with Crippen LogP contribution in [-0.2, 0) is 0 Å². The highest BCUT2D eigenvalue weighted by Crippen LogP contribution is 2.30. The molecule has 0 spiro atoms. The van der Waals surface area contributed by atoms with Gasteiger partial charge in [0.15, 0.2) is 0 Å². The van der Waals surface area contributed by atoms with Crippen molar-refractivity contribution in [2.75, 3.05) is 20.1 Å². The number of nitrogens with two attached hydrogens (primary N) is 1. The highest BCUT2D eigenvalue weighted by atomic mass is 79.9. The Balaban J connectivity index is 2.28. The van der Waals surface area contributed by atoms with Crippen LogP contribution in [0.4, 0.5) is 0 Å². The van der Waals surface area contributed by atoms with Crippen LogP contribution in [0.1, 0.15) is 38.8 Å². The molecule has 1 aliphatic heterocycles. The van der Waals surface area contributed by atoms with Crippen molar-refractivity contribution in [1.29, 1.82) is 0 Å². The van der Waals surface area contributed by atoms with E-state index in [1.54, 1.807) is 0 Å². The molecule has 4 atom stereocenters. The maximum atomic E-state index is 6.49. The van der Waals surface area contributed by atoms with Gasteiger partial charge in [0.1, 0.15) is 0 Å². The van der Waals surface area contributed by atoms with Gasteiger partial charge in [-0.25, -0.2) is 0 Å². The second-order valence-corrected chi connectivity index (χ2v) is 7.31. The van der Waals surface area contributed by atoms with Crippen LogP contribution in [0.25, 0.3) is 0 Å². The largest absolute Gasteiger partial charge is 0.326 e. The fraction of sp³-hybridized carbons (Fsp3) is 0.647. The zero-order chi connectivity index (χ0) is 15.6. The number of halogens is 1. The molecular weight excluding hydrogens is 326 g/mol. The minimum atomic E-state index is 0.169. The molecule has 1 heterocycles. The first-order valence-electron chi connectivity index (χ1n) is 7.91. The Kier molecular flexibility index (Phi) is 5.83. The molecule has 1 aromatic rings. The van der Waals surface area contributed by atoms with E-state index in [1.807, 2.05) is 0 Å². The molecule has 2 rings (SSSR count). The van der Waals surface area contributed by atoms with Crippen molar-refractivity contribution in [3.63, 3.8) is 0 Å². The Morgan fingerprint density at radius 1 is 1.29 bits per heavy atom. The van der Waals surface area contributed by atoms with Crippen molar-refractivity contribution in [3.8, 4) is 0 Å². The van der Waals surface area contributed by atoms with E-state index in [0.717, 1.165) is 24.0 Å². The summed E-state index contributed by atoms with van der Waals surface area (Å²) in [6.07, 6.45) is 0.992. The van der Waals surface area contributed by atoms with E-state index in [0.29, 0.717) is 18.1 Å². The fourth-order valence-electron chi connectivity index (χ4n) is 3.32. The van der Waals surface area contributed by atoms with Crippen LogP contribution < -0.4 is 5.73 Å². The third-order valence-electron chi connectivity index (χ3n) is 4.85. The third-order valence-corrected chi connectivity index (χ3v) is 5.34. The Labute approximate surface area is 137 Å². The van der Waals surface area contributed by atoms with Gasteiger partial charge >= 0.3 is 0 Å². The van der Waals surface area contributed by atoms with Crippen molar-refractivity contribution in [1.82, 2.24) is 9.80 Å². The number of piperazine rings is 1. The molecule has 1 aromatic carbocycles. The number of hydrogen-bond donors (Lipinski definition) is 1. The van der Waals surface area contributed by atoms with E-state index in [9.17, 15) is 0 Å². The monoisotopic (exact) mass is 353 g/mol. The number of likely N-dealkylation sites (N-methyl/N-ethyl adjacent to an activating group) is 1. The lowest BCUT2D eigenvalue weighted by Crippen LogP contribution is -2.57. The summed E-state index contributed by atoms with van der Waals surface area (Å²) >= 11 is 3.59. The van der Waals surface area contributed by atoms with Crippen LogP contribution in [0.15, 0.2) is 28.7 Å². The molecule has 0 saturated carbocycles. The SMILES string of the molecule is CCC(N)C(c1cccc(Br)c1)N1CC(C)N(C)C(C)C1. The summed E-state index contributed by atoms with van der Waals surface area (Å²) < 4.78 is 1.13. The summed E-state index contributed by atoms with van der Waals surface area (Å²) in [4.78, 5) is 5.04. The molecule has 1 aliphatic rings. The van der Waals surface area contributed by atoms with Crippen LogP contribution in [0.5, 0.6) is 0 Å². The third kappa shape index (κ3) is 3.86. The van der Waals surface area contributed by atoms with Gasteiger partial charge in [0, 0.05) is 35.7 Å². The first-order valence-corrected chi connectivity index (χ1v) is 8.70. The van der Waals surface area contributed by atoms with Gasteiger partial charge in [-0.05, 0) is 45.0 Å². The smallest absolute Gasteiger partial charge is 0.0500 e. The molecule has 1 fully saturated rings. The summed E-state index contributed by atoms with van der Waals surface area (Å²) in [5, 5.41) is 0. The Bertz CT molecular complexity index is 453. The van der Waals surface area contributed by atoms with E-state index >= 15 is 0 Å². The normalized spacial score (nSPS) is 27.5. The maximum absolute atomic E-state index is 6.49. The van der Waals surface area contributed by atoms with Crippen molar-refractivity contribution >= 4 is 15.9 Å². The van der Waals surface area contributed by atoms with Gasteiger partial charge in [0.25, 0.3) is 0 Å². The summed E-state index contributed by atoms with van der Waals surface area (Å²) in [6, 6.07) is 10.2. The Morgan fingerprint density at radius 2 is 1.90 bits per heavy atom. The summed E-state index contributed by atoms with van der Waals surface area (Å²) in [5.74, 6) is 0. The Morgan fingerprint density at radius 3 is 2.43 bits per heavy atom. The standard InChI is InChI=1S/C17H28BrN3/c1-5-16(19)17(14-7-6-8-15(18)9-14)21-10-12(2)20(4)13(3)11-21/h6-9,12-13,16-17H,5,10-11,19H2,1-4H3. The average molecular weight is 354 g/mol. The van der Waals surface area contributed by atoms with Crippen LogP contribution >= 0.6 is 15.9 Å². The first-order chi connectivity index (χ1) is 9.93. The highest BCUT2D eigenvalue weighted by Gasteiger charge is 2.33. The van der Waals surface area contributed by atoms with Crippen molar-refractivity contribution in [3.05, 3.63) is 34.3 Å². The lowest BCUT2D eigenvalue weighted by atomic mass is 9.94. The van der Waals surface area contributed by atoms with Crippen LogP contribution in [0.3, 0.4) is 0 Å². The van der Waals surface area contributed by atoms with Gasteiger partial charge in [-0.15, -0.1) is 0 Å². The molecule has 2 N–H and O–H groups in total. The average Bonchev–Trinajstić information content (AvgIpc) is 2.44. The molecule has 4 unspecified atom stereocenters. The Hall–Kier alpha value is -0.420. The molecule has 3 nitrogen and oxygen atoms in total. The molecule has 0 radical (unpaired) electrons. The number of benzene rings is 1. The summed E-state index contributed by atoms with van der Waals surface area (Å²) in [6.45, 7) is 8.94. The minimum Gasteiger partial charge on any atom is -0.326 e. The number of hydrogen-bond acceptors (Lipinski definition) is 3. The molecule has 118 valence electrons. The molecule has 1 saturated heterocycles. The van der Waals surface area contributed by atoms with Gasteiger partial charge in [-0.1, -0.05) is 35.0 Å². The lowest BCUT2D eigenvalue weighted by molar-refractivity contribution is 0.0254. The van der Waals surface area contributed by atoms with Crippen molar-refractivity contribution < 1.29 is 0 Å². The molecular formula is C17H28BrN3. The minimum absolute atomic E-state index is 0.169. The second kappa shape index (κ2) is 7.23. The number of nitrogens with zero attached hydrogens (tertiary/aromatic N) is 2. The van der Waals surface area contributed by atoms with Crippen molar-refractivity contribution in [2.24, 2.45) is 5.73 Å². The molecule has 21 heavy (non-hydrogen) atoms. The topological polar surface area (TPSA) is 32.5 Å². The maximum Gasteiger partial charge on any atom is 0.0500 e. The molecule has 0 amide bonds. The second-order valence-electron chi connectivity index (χ2n) is 6.39. The predicted octanol–water partition coefficient (Wildman–Crippen LogP) is 3.25. The van der Waals surface area contributed by atoms with Gasteiger partial charge in [-0.3, -0.25) is 9.80 Å². The molecule has 0 aliphatic carbocycles. The van der Waals surface area contributed by atoms with E-state index in [1.165, 1.54) is 5.56 Å². The van der Waals surface area contributed by atoms with E-state index < -0.39 is 0 Å². The van der Waals surface area contributed by atoms with Gasteiger partial charge in [-0.2, -0.15) is 0 Å². The molecule has 4 heteroatoms. The van der Waals surface area contributed by atoms with Gasteiger partial charge < -0.3 is 5.73 Å². The van der Waals surface area contributed by atoms with Crippen LogP contribution in [0.2, 0.25) is 0 Å². The van der Waals surface area contributed by atoms with Crippen molar-refractivity contribution in [2.45, 2.75) is 51.4 Å². The quantitative estimate of drug-likeness (QED) is 0.901. The molecule has 0 aromatic heterocycles. The van der Waals surface area contributed by atoms with Gasteiger partial charge in [0.05, 0.1) is 6.04 Å². The lowest BCUT2D eigenvalue weighted by Gasteiger charge is -2.47. The fourth-order valence-corrected chi connectivity index (χ4v) is 3.73. The summed E-state index contributed by atoms with van der Waals surface area (Å²) in [5.41, 5.74) is 7.81. The number of rotatable bonds is 4.